The molecule has 0 aliphatic carbocycles. The molecule has 0 saturated heterocycles. The van der Waals surface area contributed by atoms with Crippen molar-refractivity contribution < 1.29 is 17.9 Å². The monoisotopic (exact) mass is 468 g/mol. The molecule has 1 aliphatic heterocycles. The summed E-state index contributed by atoms with van der Waals surface area (Å²) in [5, 5.41) is 3.49. The molecule has 2 N–H and O–H groups in total. The Morgan fingerprint density at radius 2 is 1.62 bits per heavy atom. The van der Waals surface area contributed by atoms with E-state index in [0.717, 1.165) is 5.56 Å². The molecule has 0 unspecified atom stereocenters. The van der Waals surface area contributed by atoms with Gasteiger partial charge >= 0.3 is 0 Å². The fourth-order valence-corrected chi connectivity index (χ4v) is 4.56. The molecule has 5 rings (SSSR count). The van der Waals surface area contributed by atoms with Gasteiger partial charge < -0.3 is 14.8 Å². The van der Waals surface area contributed by atoms with E-state index in [1.54, 1.807) is 18.2 Å². The molecule has 0 saturated carbocycles. The van der Waals surface area contributed by atoms with Crippen LogP contribution in [0.3, 0.4) is 0 Å². The lowest BCUT2D eigenvalue weighted by molar-refractivity contribution is 0.174. The highest BCUT2D eigenvalue weighted by Gasteiger charge is 2.20. The number of benzene rings is 3. The lowest BCUT2D eigenvalue weighted by Gasteiger charge is -2.14. The first-order valence-corrected chi connectivity index (χ1v) is 11.5. The number of hydrogen-bond acceptors (Lipinski definition) is 7. The average molecular weight is 469 g/mol. The van der Waals surface area contributed by atoms with E-state index >= 15 is 0 Å². The number of halogens is 1. The molecule has 162 valence electrons. The Morgan fingerprint density at radius 1 is 0.875 bits per heavy atom. The van der Waals surface area contributed by atoms with E-state index in [1.165, 1.54) is 12.1 Å². The SMILES string of the molecule is O=S(=O)(Nc1nc2ccccc2nc1NCc1ccc2c(c1)OCO2)c1cccc(Cl)c1. The Kier molecular flexibility index (Phi) is 5.20. The van der Waals surface area contributed by atoms with Crippen molar-refractivity contribution in [3.8, 4) is 11.5 Å². The first-order valence-electron chi connectivity index (χ1n) is 9.65. The van der Waals surface area contributed by atoms with E-state index in [1.807, 2.05) is 36.4 Å². The highest BCUT2D eigenvalue weighted by Crippen LogP contribution is 2.33. The number of anilines is 2. The third-order valence-electron chi connectivity index (χ3n) is 4.80. The lowest BCUT2D eigenvalue weighted by atomic mass is 10.2. The molecule has 3 aromatic carbocycles. The number of rotatable bonds is 6. The normalized spacial score (nSPS) is 12.7. The number of para-hydroxylation sites is 2. The van der Waals surface area contributed by atoms with Crippen molar-refractivity contribution in [2.45, 2.75) is 11.4 Å². The van der Waals surface area contributed by atoms with E-state index in [4.69, 9.17) is 21.1 Å². The Morgan fingerprint density at radius 3 is 2.41 bits per heavy atom. The second-order valence-electron chi connectivity index (χ2n) is 7.01. The minimum Gasteiger partial charge on any atom is -0.454 e. The van der Waals surface area contributed by atoms with E-state index in [0.29, 0.717) is 39.9 Å². The summed E-state index contributed by atoms with van der Waals surface area (Å²) in [6.07, 6.45) is 0. The minimum atomic E-state index is -3.93. The van der Waals surface area contributed by atoms with Crippen molar-refractivity contribution in [1.29, 1.82) is 0 Å². The van der Waals surface area contributed by atoms with Gasteiger partial charge in [-0.3, -0.25) is 4.72 Å². The molecule has 0 spiro atoms. The van der Waals surface area contributed by atoms with E-state index in [-0.39, 0.29) is 17.5 Å². The zero-order valence-corrected chi connectivity index (χ0v) is 18.2. The Hall–Kier alpha value is -3.56. The number of nitrogens with zero attached hydrogens (tertiary/aromatic N) is 2. The number of fused-ring (bicyclic) bond motifs is 2. The van der Waals surface area contributed by atoms with E-state index < -0.39 is 10.0 Å². The van der Waals surface area contributed by atoms with Crippen LogP contribution in [0.1, 0.15) is 5.56 Å². The summed E-state index contributed by atoms with van der Waals surface area (Å²) in [4.78, 5) is 9.09. The Balaban J connectivity index is 1.48. The maximum atomic E-state index is 12.9. The number of aromatic nitrogens is 2. The van der Waals surface area contributed by atoms with Crippen molar-refractivity contribution in [2.24, 2.45) is 0 Å². The molecule has 0 fully saturated rings. The lowest BCUT2D eigenvalue weighted by Crippen LogP contribution is -2.16. The van der Waals surface area contributed by atoms with Gasteiger partial charge in [0.1, 0.15) is 0 Å². The van der Waals surface area contributed by atoms with Crippen LogP contribution in [0.15, 0.2) is 71.6 Å². The zero-order chi connectivity index (χ0) is 22.1. The van der Waals surface area contributed by atoms with Crippen LogP contribution in [0.4, 0.5) is 11.6 Å². The van der Waals surface area contributed by atoms with Gasteiger partial charge in [0.15, 0.2) is 23.1 Å². The number of sulfonamides is 1. The third kappa shape index (κ3) is 4.12. The number of hydrogen-bond donors (Lipinski definition) is 2. The summed E-state index contributed by atoms with van der Waals surface area (Å²) in [6, 6.07) is 18.8. The molecule has 0 atom stereocenters. The van der Waals surface area contributed by atoms with E-state index in [9.17, 15) is 8.42 Å². The zero-order valence-electron chi connectivity index (χ0n) is 16.6. The standard InChI is InChI=1S/C22H17ClN4O4S/c23-15-4-3-5-16(11-15)32(28,29)27-22-21(25-17-6-1-2-7-18(17)26-22)24-12-14-8-9-19-20(10-14)31-13-30-19/h1-11H,12-13H2,(H,24,25)(H,26,27). The summed E-state index contributed by atoms with van der Waals surface area (Å²) in [7, 11) is -3.93. The van der Waals surface area contributed by atoms with Crippen molar-refractivity contribution in [3.63, 3.8) is 0 Å². The molecule has 10 heteroatoms. The van der Waals surface area contributed by atoms with Gasteiger partial charge in [0.25, 0.3) is 10.0 Å². The van der Waals surface area contributed by atoms with Gasteiger partial charge in [-0.05, 0) is 48.0 Å². The molecule has 32 heavy (non-hydrogen) atoms. The first kappa shape index (κ1) is 20.3. The van der Waals surface area contributed by atoms with Crippen LogP contribution in [-0.4, -0.2) is 25.2 Å². The van der Waals surface area contributed by atoms with Gasteiger partial charge in [0.2, 0.25) is 6.79 Å². The predicted molar refractivity (Wildman–Crippen MR) is 122 cm³/mol. The maximum Gasteiger partial charge on any atom is 0.263 e. The van der Waals surface area contributed by atoms with Crippen LogP contribution >= 0.6 is 11.6 Å². The van der Waals surface area contributed by atoms with Crippen molar-refractivity contribution in [1.82, 2.24) is 9.97 Å². The Bertz CT molecular complexity index is 1430. The van der Waals surface area contributed by atoms with Gasteiger partial charge in [-0.2, -0.15) is 0 Å². The van der Waals surface area contributed by atoms with Gasteiger partial charge in [-0.1, -0.05) is 35.9 Å². The number of ether oxygens (including phenoxy) is 2. The molecular weight excluding hydrogens is 452 g/mol. The second kappa shape index (κ2) is 8.18. The van der Waals surface area contributed by atoms with Gasteiger partial charge in [0.05, 0.1) is 15.9 Å². The largest absolute Gasteiger partial charge is 0.454 e. The summed E-state index contributed by atoms with van der Waals surface area (Å²) in [5.74, 6) is 1.74. The molecule has 0 bridgehead atoms. The summed E-state index contributed by atoms with van der Waals surface area (Å²) >= 11 is 5.97. The van der Waals surface area contributed by atoms with Crippen LogP contribution in [0, 0.1) is 0 Å². The molecule has 8 nitrogen and oxygen atoms in total. The Labute approximate surface area is 189 Å². The first-order chi connectivity index (χ1) is 15.5. The molecule has 4 aromatic rings. The topological polar surface area (TPSA) is 102 Å². The van der Waals surface area contributed by atoms with Crippen LogP contribution in [0.2, 0.25) is 5.02 Å². The highest BCUT2D eigenvalue weighted by atomic mass is 35.5. The van der Waals surface area contributed by atoms with Crippen molar-refractivity contribution >= 4 is 44.3 Å². The van der Waals surface area contributed by atoms with Crippen LogP contribution < -0.4 is 19.5 Å². The third-order valence-corrected chi connectivity index (χ3v) is 6.38. The van der Waals surface area contributed by atoms with Crippen molar-refractivity contribution in [3.05, 3.63) is 77.3 Å². The van der Waals surface area contributed by atoms with Crippen LogP contribution in [0.25, 0.3) is 11.0 Å². The van der Waals surface area contributed by atoms with Crippen LogP contribution in [0.5, 0.6) is 11.5 Å². The summed E-state index contributed by atoms with van der Waals surface area (Å²) < 4.78 is 39.2. The molecule has 1 aromatic heterocycles. The van der Waals surface area contributed by atoms with Gasteiger partial charge in [-0.15, -0.1) is 0 Å². The van der Waals surface area contributed by atoms with Crippen LogP contribution in [-0.2, 0) is 16.6 Å². The summed E-state index contributed by atoms with van der Waals surface area (Å²) in [5.41, 5.74) is 2.10. The van der Waals surface area contributed by atoms with E-state index in [2.05, 4.69) is 20.0 Å². The minimum absolute atomic E-state index is 0.0293. The molecule has 0 radical (unpaired) electrons. The fraction of sp³-hybridized carbons (Fsp3) is 0.0909. The second-order valence-corrected chi connectivity index (χ2v) is 9.13. The molecule has 0 amide bonds. The molecule has 1 aliphatic rings. The molecular formula is C22H17ClN4O4S. The maximum absolute atomic E-state index is 12.9. The average Bonchev–Trinajstić information content (AvgIpc) is 3.25. The highest BCUT2D eigenvalue weighted by molar-refractivity contribution is 7.92. The quantitative estimate of drug-likeness (QED) is 0.431. The predicted octanol–water partition coefficient (Wildman–Crippen LogP) is 4.42. The summed E-state index contributed by atoms with van der Waals surface area (Å²) in [6.45, 7) is 0.563. The van der Waals surface area contributed by atoms with Crippen molar-refractivity contribution in [2.75, 3.05) is 16.8 Å². The fourth-order valence-electron chi connectivity index (χ4n) is 3.25. The van der Waals surface area contributed by atoms with Gasteiger partial charge in [0, 0.05) is 11.6 Å². The number of nitrogens with one attached hydrogen (secondary N) is 2. The molecule has 2 heterocycles. The smallest absolute Gasteiger partial charge is 0.263 e. The van der Waals surface area contributed by atoms with Gasteiger partial charge in [-0.25, -0.2) is 18.4 Å².